The van der Waals surface area contributed by atoms with Gasteiger partial charge in [0.1, 0.15) is 5.75 Å². The molecule has 1 fully saturated rings. The molecule has 1 aliphatic rings. The van der Waals surface area contributed by atoms with E-state index >= 15 is 0 Å². The van der Waals surface area contributed by atoms with E-state index in [9.17, 15) is 0 Å². The molecule has 0 aliphatic heterocycles. The number of para-hydroxylation sites is 1. The third-order valence-electron chi connectivity index (χ3n) is 4.37. The van der Waals surface area contributed by atoms with E-state index < -0.39 is 0 Å². The van der Waals surface area contributed by atoms with Crippen LogP contribution in [-0.4, -0.2) is 36.7 Å². The zero-order valence-corrected chi connectivity index (χ0v) is 13.3. The van der Waals surface area contributed by atoms with E-state index in [0.29, 0.717) is 6.04 Å². The van der Waals surface area contributed by atoms with Crippen LogP contribution < -0.4 is 10.5 Å². The monoisotopic (exact) mass is 290 g/mol. The third kappa shape index (κ3) is 5.68. The molecular weight excluding hydrogens is 260 g/mol. The highest BCUT2D eigenvalue weighted by Crippen LogP contribution is 2.22. The summed E-state index contributed by atoms with van der Waals surface area (Å²) < 4.78 is 5.79. The van der Waals surface area contributed by atoms with E-state index in [-0.39, 0.29) is 0 Å². The maximum absolute atomic E-state index is 6.02. The van der Waals surface area contributed by atoms with Gasteiger partial charge >= 0.3 is 0 Å². The Balaban J connectivity index is 1.70. The van der Waals surface area contributed by atoms with Gasteiger partial charge in [-0.15, -0.1) is 0 Å². The van der Waals surface area contributed by atoms with Crippen LogP contribution in [0.1, 0.15) is 45.4 Å². The molecule has 1 aromatic carbocycles. The second kappa shape index (κ2) is 9.06. The van der Waals surface area contributed by atoms with E-state index in [4.69, 9.17) is 10.5 Å². The second-order valence-corrected chi connectivity index (χ2v) is 6.12. The zero-order valence-electron chi connectivity index (χ0n) is 13.3. The maximum atomic E-state index is 6.02. The molecule has 0 aromatic heterocycles. The van der Waals surface area contributed by atoms with Crippen molar-refractivity contribution in [3.05, 3.63) is 30.3 Å². The number of nitrogens with zero attached hydrogens (tertiary/aromatic N) is 1. The largest absolute Gasteiger partial charge is 0.494 e. The molecule has 0 unspecified atom stereocenters. The molecule has 21 heavy (non-hydrogen) atoms. The Morgan fingerprint density at radius 2 is 1.81 bits per heavy atom. The van der Waals surface area contributed by atoms with Gasteiger partial charge in [-0.1, -0.05) is 25.1 Å². The Bertz CT molecular complexity index is 374. The van der Waals surface area contributed by atoms with E-state index in [0.717, 1.165) is 31.4 Å². The van der Waals surface area contributed by atoms with Crippen LogP contribution in [0.5, 0.6) is 5.75 Å². The smallest absolute Gasteiger partial charge is 0.119 e. The summed E-state index contributed by atoms with van der Waals surface area (Å²) in [4.78, 5) is 2.65. The molecule has 0 spiro atoms. The van der Waals surface area contributed by atoms with Gasteiger partial charge in [-0.3, -0.25) is 0 Å². The topological polar surface area (TPSA) is 38.5 Å². The van der Waals surface area contributed by atoms with Crippen LogP contribution in [0, 0.1) is 0 Å². The lowest BCUT2D eigenvalue weighted by molar-refractivity contribution is 0.139. The van der Waals surface area contributed by atoms with Gasteiger partial charge < -0.3 is 15.4 Å². The van der Waals surface area contributed by atoms with Crippen molar-refractivity contribution in [2.75, 3.05) is 19.7 Å². The minimum absolute atomic E-state index is 0.436. The molecule has 0 saturated heterocycles. The lowest BCUT2D eigenvalue weighted by atomic mass is 9.90. The summed E-state index contributed by atoms with van der Waals surface area (Å²) in [7, 11) is 0. The van der Waals surface area contributed by atoms with Gasteiger partial charge in [0.05, 0.1) is 6.61 Å². The van der Waals surface area contributed by atoms with Gasteiger partial charge in [-0.2, -0.15) is 0 Å². The Morgan fingerprint density at radius 1 is 1.10 bits per heavy atom. The Labute approximate surface area is 129 Å². The summed E-state index contributed by atoms with van der Waals surface area (Å²) in [6.07, 6.45) is 7.22. The molecule has 2 N–H and O–H groups in total. The number of benzene rings is 1. The maximum Gasteiger partial charge on any atom is 0.119 e. The summed E-state index contributed by atoms with van der Waals surface area (Å²) in [6, 6.07) is 11.3. The standard InChI is InChI=1S/C18H30N2O/c1-2-13-20(17-11-9-16(19)10-12-17)14-6-15-21-18-7-4-3-5-8-18/h3-5,7-8,16-17H,2,6,9-15,19H2,1H3. The van der Waals surface area contributed by atoms with E-state index in [2.05, 4.69) is 11.8 Å². The van der Waals surface area contributed by atoms with Gasteiger partial charge in [-0.05, 0) is 57.2 Å². The fourth-order valence-corrected chi connectivity index (χ4v) is 3.21. The normalized spacial score (nSPS) is 22.4. The predicted octanol–water partition coefficient (Wildman–Crippen LogP) is 3.44. The molecule has 3 nitrogen and oxygen atoms in total. The molecule has 0 atom stereocenters. The molecule has 118 valence electrons. The van der Waals surface area contributed by atoms with E-state index in [1.165, 1.54) is 38.6 Å². The van der Waals surface area contributed by atoms with Crippen molar-refractivity contribution in [1.29, 1.82) is 0 Å². The Hall–Kier alpha value is -1.06. The van der Waals surface area contributed by atoms with Gasteiger partial charge in [0.25, 0.3) is 0 Å². The van der Waals surface area contributed by atoms with Crippen LogP contribution in [0.25, 0.3) is 0 Å². The third-order valence-corrected chi connectivity index (χ3v) is 4.37. The van der Waals surface area contributed by atoms with Crippen LogP contribution in [0.4, 0.5) is 0 Å². The molecule has 0 heterocycles. The van der Waals surface area contributed by atoms with Gasteiger partial charge in [0.2, 0.25) is 0 Å². The molecule has 3 heteroatoms. The lowest BCUT2D eigenvalue weighted by Crippen LogP contribution is -2.42. The zero-order chi connectivity index (χ0) is 14.9. The van der Waals surface area contributed by atoms with Crippen molar-refractivity contribution >= 4 is 0 Å². The number of rotatable bonds is 8. The van der Waals surface area contributed by atoms with E-state index in [1.807, 2.05) is 30.3 Å². The van der Waals surface area contributed by atoms with Crippen molar-refractivity contribution in [2.24, 2.45) is 5.73 Å². The van der Waals surface area contributed by atoms with Crippen LogP contribution in [0.2, 0.25) is 0 Å². The van der Waals surface area contributed by atoms with Crippen molar-refractivity contribution < 1.29 is 4.74 Å². The number of hydrogen-bond donors (Lipinski definition) is 1. The molecule has 0 radical (unpaired) electrons. The fraction of sp³-hybridized carbons (Fsp3) is 0.667. The molecule has 0 bridgehead atoms. The highest BCUT2D eigenvalue weighted by molar-refractivity contribution is 5.20. The van der Waals surface area contributed by atoms with Crippen molar-refractivity contribution in [3.63, 3.8) is 0 Å². The molecule has 2 rings (SSSR count). The highest BCUT2D eigenvalue weighted by atomic mass is 16.5. The summed E-state index contributed by atoms with van der Waals surface area (Å²) in [5.41, 5.74) is 6.02. The first-order chi connectivity index (χ1) is 10.3. The Morgan fingerprint density at radius 3 is 2.48 bits per heavy atom. The highest BCUT2D eigenvalue weighted by Gasteiger charge is 2.23. The second-order valence-electron chi connectivity index (χ2n) is 6.12. The van der Waals surface area contributed by atoms with Gasteiger partial charge in [0.15, 0.2) is 0 Å². The molecule has 1 saturated carbocycles. The fourth-order valence-electron chi connectivity index (χ4n) is 3.21. The quantitative estimate of drug-likeness (QED) is 0.745. The summed E-state index contributed by atoms with van der Waals surface area (Å²) in [6.45, 7) is 5.41. The SMILES string of the molecule is CCCN(CCCOc1ccccc1)C1CCC(N)CC1. The molecule has 0 amide bonds. The predicted molar refractivity (Wildman–Crippen MR) is 88.6 cm³/mol. The summed E-state index contributed by atoms with van der Waals surface area (Å²) in [5, 5.41) is 0. The first-order valence-corrected chi connectivity index (χ1v) is 8.47. The lowest BCUT2D eigenvalue weighted by Gasteiger charge is -2.36. The summed E-state index contributed by atoms with van der Waals surface area (Å²) >= 11 is 0. The van der Waals surface area contributed by atoms with Crippen molar-refractivity contribution in [1.82, 2.24) is 4.90 Å². The number of hydrogen-bond acceptors (Lipinski definition) is 3. The van der Waals surface area contributed by atoms with Gasteiger partial charge in [-0.25, -0.2) is 0 Å². The Kier molecular flexibility index (Phi) is 7.04. The minimum atomic E-state index is 0.436. The summed E-state index contributed by atoms with van der Waals surface area (Å²) in [5.74, 6) is 0.975. The molecular formula is C18H30N2O. The van der Waals surface area contributed by atoms with Crippen molar-refractivity contribution in [3.8, 4) is 5.75 Å². The first kappa shape index (κ1) is 16.3. The number of ether oxygens (including phenoxy) is 1. The molecule has 1 aromatic rings. The van der Waals surface area contributed by atoms with Crippen LogP contribution in [0.15, 0.2) is 30.3 Å². The van der Waals surface area contributed by atoms with E-state index in [1.54, 1.807) is 0 Å². The van der Waals surface area contributed by atoms with Crippen LogP contribution in [-0.2, 0) is 0 Å². The first-order valence-electron chi connectivity index (χ1n) is 8.47. The average Bonchev–Trinajstić information content (AvgIpc) is 2.52. The average molecular weight is 290 g/mol. The van der Waals surface area contributed by atoms with Crippen LogP contribution >= 0.6 is 0 Å². The number of nitrogens with two attached hydrogens (primary N) is 1. The van der Waals surface area contributed by atoms with Crippen molar-refractivity contribution in [2.45, 2.75) is 57.5 Å². The minimum Gasteiger partial charge on any atom is -0.494 e. The molecule has 1 aliphatic carbocycles. The van der Waals surface area contributed by atoms with Crippen LogP contribution in [0.3, 0.4) is 0 Å². The van der Waals surface area contributed by atoms with Gasteiger partial charge in [0, 0.05) is 18.6 Å².